The molecule has 4 aliphatic rings. The van der Waals surface area contributed by atoms with Crippen LogP contribution in [-0.2, 0) is 6.54 Å². The van der Waals surface area contributed by atoms with Gasteiger partial charge in [0.25, 0.3) is 0 Å². The molecular formula is C31H41N3O3. The molecule has 0 amide bonds. The Morgan fingerprint density at radius 1 is 0.838 bits per heavy atom. The summed E-state index contributed by atoms with van der Waals surface area (Å²) in [6, 6.07) is 11.5. The van der Waals surface area contributed by atoms with Gasteiger partial charge in [-0.05, 0) is 73.3 Å². The minimum Gasteiger partial charge on any atom is -0.494 e. The average Bonchev–Trinajstić information content (AvgIpc) is 3.65. The minimum absolute atomic E-state index is 0.0250. The predicted molar refractivity (Wildman–Crippen MR) is 145 cm³/mol. The Kier molecular flexibility index (Phi) is 5.81. The number of likely N-dealkylation sites (tertiary alicyclic amines) is 1. The van der Waals surface area contributed by atoms with E-state index in [2.05, 4.69) is 52.9 Å². The van der Waals surface area contributed by atoms with Crippen molar-refractivity contribution in [1.29, 1.82) is 0 Å². The molecule has 1 aliphatic heterocycles. The first-order chi connectivity index (χ1) is 18.0. The second kappa shape index (κ2) is 9.09. The highest BCUT2D eigenvalue weighted by molar-refractivity contribution is 5.80. The number of rotatable bonds is 5. The summed E-state index contributed by atoms with van der Waals surface area (Å²) < 4.78 is 4.28. The summed E-state index contributed by atoms with van der Waals surface area (Å²) in [7, 11) is 0. The molecule has 6 atom stereocenters. The Balaban J connectivity index is 1.03. The minimum atomic E-state index is -0.409. The zero-order valence-corrected chi connectivity index (χ0v) is 22.0. The standard InChI is InChI=1S/C31H41N3O3/c1-19-24-16-25(29(19)35)28-27(24)30(36)34(31(28)37)18-22-8-3-2-7-21(22)17-32-13-11-23(12-14-32)33-15-10-20-6-4-5-9-26(20)33/h4-6,9-10,15,19,21-25,29,35-37H,2-3,7-8,11-14,16-18H2,1H3/t19?,21-,22-,24?,25?,29?/m0/s1. The van der Waals surface area contributed by atoms with Crippen LogP contribution in [0.3, 0.4) is 0 Å². The van der Waals surface area contributed by atoms with Crippen molar-refractivity contribution in [2.75, 3.05) is 19.6 Å². The number of fused-ring (bicyclic) bond motifs is 6. The first-order valence-electron chi connectivity index (χ1n) is 14.6. The molecule has 6 heteroatoms. The maximum atomic E-state index is 11.2. The number of para-hydroxylation sites is 1. The number of benzene rings is 1. The lowest BCUT2D eigenvalue weighted by Gasteiger charge is -2.39. The van der Waals surface area contributed by atoms with E-state index >= 15 is 0 Å². The van der Waals surface area contributed by atoms with Gasteiger partial charge in [-0.2, -0.15) is 0 Å². The van der Waals surface area contributed by atoms with Gasteiger partial charge in [-0.15, -0.1) is 0 Å². The summed E-state index contributed by atoms with van der Waals surface area (Å²) in [4.78, 5) is 2.67. The summed E-state index contributed by atoms with van der Waals surface area (Å²) in [6.45, 7) is 6.14. The molecule has 7 rings (SSSR count). The molecular weight excluding hydrogens is 462 g/mol. The number of aromatic hydroxyl groups is 2. The molecule has 0 spiro atoms. The molecule has 2 bridgehead atoms. The molecule has 37 heavy (non-hydrogen) atoms. The highest BCUT2D eigenvalue weighted by Crippen LogP contribution is 2.62. The number of piperidine rings is 1. The van der Waals surface area contributed by atoms with Crippen LogP contribution in [0.4, 0.5) is 0 Å². The van der Waals surface area contributed by atoms with Crippen molar-refractivity contribution in [3.8, 4) is 11.8 Å². The van der Waals surface area contributed by atoms with E-state index in [0.717, 1.165) is 43.6 Å². The summed E-state index contributed by atoms with van der Waals surface area (Å²) in [5.74, 6) is 1.83. The number of nitrogens with zero attached hydrogens (tertiary/aromatic N) is 3. The van der Waals surface area contributed by atoms with Crippen molar-refractivity contribution in [3.63, 3.8) is 0 Å². The van der Waals surface area contributed by atoms with Crippen molar-refractivity contribution in [3.05, 3.63) is 47.7 Å². The van der Waals surface area contributed by atoms with Crippen LogP contribution in [0.5, 0.6) is 11.8 Å². The molecule has 3 aromatic rings. The van der Waals surface area contributed by atoms with E-state index < -0.39 is 6.10 Å². The third-order valence-electron chi connectivity index (χ3n) is 10.7. The van der Waals surface area contributed by atoms with E-state index in [0.29, 0.717) is 24.4 Å². The van der Waals surface area contributed by atoms with E-state index in [1.54, 1.807) is 4.57 Å². The van der Waals surface area contributed by atoms with Gasteiger partial charge < -0.3 is 24.8 Å². The van der Waals surface area contributed by atoms with Gasteiger partial charge in [-0.25, -0.2) is 0 Å². The topological polar surface area (TPSA) is 73.8 Å². The maximum absolute atomic E-state index is 11.2. The van der Waals surface area contributed by atoms with Gasteiger partial charge in [0.2, 0.25) is 0 Å². The van der Waals surface area contributed by atoms with Crippen LogP contribution in [0.1, 0.15) is 80.9 Å². The molecule has 3 aliphatic carbocycles. The molecule has 2 aromatic heterocycles. The number of aromatic nitrogens is 2. The SMILES string of the molecule is CC1C2CC(c3c2c(O)n(C[C@@H]2CCCC[C@H]2CN2CCC(n4ccc5ccccc54)CC2)c3O)C1O. The van der Waals surface area contributed by atoms with Crippen LogP contribution in [0.25, 0.3) is 10.9 Å². The Morgan fingerprint density at radius 2 is 1.51 bits per heavy atom. The van der Waals surface area contributed by atoms with E-state index in [1.165, 1.54) is 43.0 Å². The summed E-state index contributed by atoms with van der Waals surface area (Å²) in [5.41, 5.74) is 3.11. The molecule has 3 N–H and O–H groups in total. The molecule has 0 radical (unpaired) electrons. The van der Waals surface area contributed by atoms with Gasteiger partial charge in [0.1, 0.15) is 0 Å². The van der Waals surface area contributed by atoms with Gasteiger partial charge in [0.05, 0.1) is 6.10 Å². The van der Waals surface area contributed by atoms with Crippen LogP contribution >= 0.6 is 0 Å². The Morgan fingerprint density at radius 3 is 2.27 bits per heavy atom. The molecule has 3 fully saturated rings. The highest BCUT2D eigenvalue weighted by Gasteiger charge is 2.53. The molecule has 1 saturated heterocycles. The Labute approximate surface area is 219 Å². The zero-order chi connectivity index (χ0) is 25.3. The fourth-order valence-electron chi connectivity index (χ4n) is 8.57. The molecule has 6 nitrogen and oxygen atoms in total. The van der Waals surface area contributed by atoms with Gasteiger partial charge in [-0.3, -0.25) is 4.57 Å². The third kappa shape index (κ3) is 3.74. The van der Waals surface area contributed by atoms with E-state index in [9.17, 15) is 15.3 Å². The maximum Gasteiger partial charge on any atom is 0.197 e. The first-order valence-corrected chi connectivity index (χ1v) is 14.6. The zero-order valence-electron chi connectivity index (χ0n) is 22.0. The van der Waals surface area contributed by atoms with Crippen molar-refractivity contribution >= 4 is 10.9 Å². The first kappa shape index (κ1) is 23.7. The van der Waals surface area contributed by atoms with Crippen molar-refractivity contribution < 1.29 is 15.3 Å². The fraction of sp³-hybridized carbons (Fsp3) is 0.613. The normalized spacial score (nSPS) is 32.4. The Bertz CT molecular complexity index is 1250. The monoisotopic (exact) mass is 503 g/mol. The number of aliphatic hydroxyl groups is 1. The quantitative estimate of drug-likeness (QED) is 0.425. The van der Waals surface area contributed by atoms with Crippen molar-refractivity contribution in [2.45, 2.75) is 82.4 Å². The molecule has 3 heterocycles. The molecule has 1 aromatic carbocycles. The van der Waals surface area contributed by atoms with E-state index in [1.807, 2.05) is 0 Å². The lowest BCUT2D eigenvalue weighted by molar-refractivity contribution is 0.109. The molecule has 198 valence electrons. The van der Waals surface area contributed by atoms with Crippen LogP contribution in [0.2, 0.25) is 0 Å². The van der Waals surface area contributed by atoms with Crippen molar-refractivity contribution in [2.24, 2.45) is 17.8 Å². The number of hydrogen-bond acceptors (Lipinski definition) is 4. The van der Waals surface area contributed by atoms with Crippen LogP contribution in [0, 0.1) is 17.8 Å². The average molecular weight is 504 g/mol. The molecule has 4 unspecified atom stereocenters. The summed E-state index contributed by atoms with van der Waals surface area (Å²) in [6.07, 6.45) is 9.98. The predicted octanol–water partition coefficient (Wildman–Crippen LogP) is 5.58. The molecule has 2 saturated carbocycles. The number of aliphatic hydroxyl groups excluding tert-OH is 1. The Hall–Kier alpha value is -2.44. The summed E-state index contributed by atoms with van der Waals surface area (Å²) >= 11 is 0. The smallest absolute Gasteiger partial charge is 0.197 e. The largest absolute Gasteiger partial charge is 0.494 e. The van der Waals surface area contributed by atoms with Crippen LogP contribution in [-0.4, -0.2) is 55.1 Å². The van der Waals surface area contributed by atoms with Crippen LogP contribution in [0.15, 0.2) is 36.5 Å². The van der Waals surface area contributed by atoms with E-state index in [4.69, 9.17) is 0 Å². The van der Waals surface area contributed by atoms with Gasteiger partial charge >= 0.3 is 0 Å². The van der Waals surface area contributed by atoms with Crippen LogP contribution < -0.4 is 0 Å². The number of hydrogen-bond donors (Lipinski definition) is 3. The van der Waals surface area contributed by atoms with Gasteiger partial charge in [-0.1, -0.05) is 38.0 Å². The third-order valence-corrected chi connectivity index (χ3v) is 10.7. The fourth-order valence-corrected chi connectivity index (χ4v) is 8.57. The lowest BCUT2D eigenvalue weighted by atomic mass is 9.78. The van der Waals surface area contributed by atoms with Gasteiger partial charge in [0, 0.05) is 61.0 Å². The lowest BCUT2D eigenvalue weighted by Crippen LogP contribution is -2.40. The van der Waals surface area contributed by atoms with Crippen molar-refractivity contribution in [1.82, 2.24) is 14.0 Å². The van der Waals surface area contributed by atoms with E-state index in [-0.39, 0.29) is 29.5 Å². The second-order valence-corrected chi connectivity index (χ2v) is 12.5. The second-order valence-electron chi connectivity index (χ2n) is 12.5. The van der Waals surface area contributed by atoms with Gasteiger partial charge in [0.15, 0.2) is 11.8 Å². The summed E-state index contributed by atoms with van der Waals surface area (Å²) in [5, 5.41) is 34.3. The highest BCUT2D eigenvalue weighted by atomic mass is 16.3.